The molecule has 86 valence electrons. The summed E-state index contributed by atoms with van der Waals surface area (Å²) in [6, 6.07) is 7.47. The number of para-hydroxylation sites is 1. The SMILES string of the molecule is COc1ccccc1C(=O)C1(C)CCCS1. The third kappa shape index (κ3) is 1.96. The lowest BCUT2D eigenvalue weighted by Crippen LogP contribution is -2.29. The Morgan fingerprint density at radius 2 is 2.19 bits per heavy atom. The van der Waals surface area contributed by atoms with Crippen molar-refractivity contribution in [2.75, 3.05) is 12.9 Å². The molecular formula is C13H16O2S. The Bertz CT molecular complexity index is 395. The van der Waals surface area contributed by atoms with Gasteiger partial charge in [-0.1, -0.05) is 12.1 Å². The largest absolute Gasteiger partial charge is 0.496 e. The number of thioether (sulfide) groups is 1. The van der Waals surface area contributed by atoms with Crippen molar-refractivity contribution >= 4 is 17.5 Å². The van der Waals surface area contributed by atoms with E-state index in [1.807, 2.05) is 31.2 Å². The van der Waals surface area contributed by atoms with Crippen LogP contribution in [-0.4, -0.2) is 23.4 Å². The molecule has 0 N–H and O–H groups in total. The van der Waals surface area contributed by atoms with E-state index < -0.39 is 0 Å². The highest BCUT2D eigenvalue weighted by atomic mass is 32.2. The van der Waals surface area contributed by atoms with Gasteiger partial charge < -0.3 is 4.74 Å². The fourth-order valence-corrected chi connectivity index (χ4v) is 3.34. The van der Waals surface area contributed by atoms with Gasteiger partial charge in [-0.3, -0.25) is 4.79 Å². The normalized spacial score (nSPS) is 24.4. The summed E-state index contributed by atoms with van der Waals surface area (Å²) in [6.07, 6.45) is 2.09. The van der Waals surface area contributed by atoms with Gasteiger partial charge in [0.2, 0.25) is 0 Å². The molecule has 0 amide bonds. The molecule has 1 saturated heterocycles. The Morgan fingerprint density at radius 1 is 1.44 bits per heavy atom. The van der Waals surface area contributed by atoms with E-state index in [9.17, 15) is 4.79 Å². The standard InChI is InChI=1S/C13H16O2S/c1-13(8-5-9-16-13)12(14)10-6-3-4-7-11(10)15-2/h3-4,6-7H,5,8-9H2,1-2H3. The lowest BCUT2D eigenvalue weighted by molar-refractivity contribution is 0.0946. The third-order valence-corrected chi connectivity index (χ3v) is 4.57. The number of Topliss-reactive ketones (excluding diaryl/α,β-unsaturated/α-hetero) is 1. The van der Waals surface area contributed by atoms with E-state index in [1.54, 1.807) is 18.9 Å². The van der Waals surface area contributed by atoms with Crippen LogP contribution < -0.4 is 4.74 Å². The second kappa shape index (κ2) is 4.50. The van der Waals surface area contributed by atoms with E-state index in [2.05, 4.69) is 0 Å². The predicted octanol–water partition coefficient (Wildman–Crippen LogP) is 3.16. The molecule has 1 heterocycles. The molecule has 1 aliphatic heterocycles. The quantitative estimate of drug-likeness (QED) is 0.754. The summed E-state index contributed by atoms with van der Waals surface area (Å²) < 4.78 is 4.99. The maximum absolute atomic E-state index is 12.4. The zero-order valence-electron chi connectivity index (χ0n) is 9.66. The molecule has 0 bridgehead atoms. The van der Waals surface area contributed by atoms with Gasteiger partial charge in [0.25, 0.3) is 0 Å². The summed E-state index contributed by atoms with van der Waals surface area (Å²) in [5, 5.41) is 0. The Labute approximate surface area is 100 Å². The molecule has 0 radical (unpaired) electrons. The first-order chi connectivity index (χ1) is 7.67. The van der Waals surface area contributed by atoms with Crippen molar-refractivity contribution in [3.63, 3.8) is 0 Å². The van der Waals surface area contributed by atoms with Gasteiger partial charge >= 0.3 is 0 Å². The van der Waals surface area contributed by atoms with Crippen molar-refractivity contribution < 1.29 is 9.53 Å². The predicted molar refractivity (Wildman–Crippen MR) is 67.4 cm³/mol. The molecule has 1 unspecified atom stereocenters. The molecule has 0 aliphatic carbocycles. The van der Waals surface area contributed by atoms with Crippen molar-refractivity contribution in [1.82, 2.24) is 0 Å². The minimum atomic E-state index is -0.255. The van der Waals surface area contributed by atoms with Gasteiger partial charge in [0.1, 0.15) is 5.75 Å². The number of methoxy groups -OCH3 is 1. The number of benzene rings is 1. The average molecular weight is 236 g/mol. The first kappa shape index (κ1) is 11.5. The molecule has 0 saturated carbocycles. The lowest BCUT2D eigenvalue weighted by atomic mass is 9.94. The summed E-state index contributed by atoms with van der Waals surface area (Å²) in [5.41, 5.74) is 0.710. The molecular weight excluding hydrogens is 220 g/mol. The Morgan fingerprint density at radius 3 is 2.81 bits per heavy atom. The lowest BCUT2D eigenvalue weighted by Gasteiger charge is -2.21. The van der Waals surface area contributed by atoms with Crippen molar-refractivity contribution in [1.29, 1.82) is 0 Å². The maximum atomic E-state index is 12.4. The summed E-state index contributed by atoms with van der Waals surface area (Å²) in [7, 11) is 1.61. The van der Waals surface area contributed by atoms with Crippen LogP contribution >= 0.6 is 11.8 Å². The first-order valence-electron chi connectivity index (χ1n) is 5.49. The molecule has 3 heteroatoms. The van der Waals surface area contributed by atoms with Crippen LogP contribution in [0.4, 0.5) is 0 Å². The van der Waals surface area contributed by atoms with Gasteiger partial charge in [0, 0.05) is 0 Å². The number of carbonyl (C=O) groups excluding carboxylic acids is 1. The highest BCUT2D eigenvalue weighted by Gasteiger charge is 2.38. The van der Waals surface area contributed by atoms with Crippen LogP contribution in [0, 0.1) is 0 Å². The van der Waals surface area contributed by atoms with Crippen LogP contribution in [-0.2, 0) is 0 Å². The molecule has 1 aliphatic rings. The molecule has 0 spiro atoms. The highest BCUT2D eigenvalue weighted by molar-refractivity contribution is 8.01. The van der Waals surface area contributed by atoms with Crippen LogP contribution in [0.5, 0.6) is 5.75 Å². The minimum Gasteiger partial charge on any atom is -0.496 e. The number of carbonyl (C=O) groups is 1. The molecule has 1 aromatic rings. The molecule has 16 heavy (non-hydrogen) atoms. The van der Waals surface area contributed by atoms with Crippen LogP contribution in [0.1, 0.15) is 30.1 Å². The van der Waals surface area contributed by atoms with Gasteiger partial charge in [0.05, 0.1) is 17.4 Å². The fraction of sp³-hybridized carbons (Fsp3) is 0.462. The second-order valence-corrected chi connectivity index (χ2v) is 5.81. The van der Waals surface area contributed by atoms with E-state index in [0.29, 0.717) is 11.3 Å². The van der Waals surface area contributed by atoms with Crippen molar-refractivity contribution in [3.05, 3.63) is 29.8 Å². The molecule has 1 fully saturated rings. The minimum absolute atomic E-state index is 0.201. The Kier molecular flexibility index (Phi) is 3.24. The Hall–Kier alpha value is -0.960. The number of ether oxygens (including phenoxy) is 1. The average Bonchev–Trinajstić information content (AvgIpc) is 2.76. The summed E-state index contributed by atoms with van der Waals surface area (Å²) in [4.78, 5) is 12.4. The van der Waals surface area contributed by atoms with Gasteiger partial charge in [-0.15, -0.1) is 11.8 Å². The monoisotopic (exact) mass is 236 g/mol. The molecule has 1 aromatic carbocycles. The molecule has 2 nitrogen and oxygen atoms in total. The topological polar surface area (TPSA) is 26.3 Å². The van der Waals surface area contributed by atoms with Crippen LogP contribution in [0.25, 0.3) is 0 Å². The first-order valence-corrected chi connectivity index (χ1v) is 6.48. The molecule has 2 rings (SSSR count). The van der Waals surface area contributed by atoms with Gasteiger partial charge in [0.15, 0.2) is 5.78 Å². The van der Waals surface area contributed by atoms with Crippen LogP contribution in [0.3, 0.4) is 0 Å². The number of ketones is 1. The number of hydrogen-bond donors (Lipinski definition) is 0. The van der Waals surface area contributed by atoms with E-state index in [-0.39, 0.29) is 10.5 Å². The molecule has 0 aromatic heterocycles. The van der Waals surface area contributed by atoms with Crippen molar-refractivity contribution in [2.24, 2.45) is 0 Å². The fourth-order valence-electron chi connectivity index (χ4n) is 2.08. The molecule has 1 atom stereocenters. The summed E-state index contributed by atoms with van der Waals surface area (Å²) in [5.74, 6) is 1.96. The van der Waals surface area contributed by atoms with Crippen molar-refractivity contribution in [2.45, 2.75) is 24.5 Å². The van der Waals surface area contributed by atoms with E-state index in [0.717, 1.165) is 18.6 Å². The smallest absolute Gasteiger partial charge is 0.182 e. The third-order valence-electron chi connectivity index (χ3n) is 3.05. The summed E-state index contributed by atoms with van der Waals surface area (Å²) >= 11 is 1.76. The summed E-state index contributed by atoms with van der Waals surface area (Å²) in [6.45, 7) is 2.04. The van der Waals surface area contributed by atoms with Gasteiger partial charge in [-0.25, -0.2) is 0 Å². The highest BCUT2D eigenvalue weighted by Crippen LogP contribution is 2.41. The van der Waals surface area contributed by atoms with Crippen molar-refractivity contribution in [3.8, 4) is 5.75 Å². The second-order valence-electron chi connectivity index (χ2n) is 4.21. The van der Waals surface area contributed by atoms with E-state index in [1.165, 1.54) is 0 Å². The van der Waals surface area contributed by atoms with E-state index >= 15 is 0 Å². The Balaban J connectivity index is 2.33. The van der Waals surface area contributed by atoms with Crippen LogP contribution in [0.2, 0.25) is 0 Å². The van der Waals surface area contributed by atoms with Gasteiger partial charge in [-0.2, -0.15) is 0 Å². The zero-order chi connectivity index (χ0) is 11.6. The number of rotatable bonds is 3. The maximum Gasteiger partial charge on any atom is 0.182 e. The van der Waals surface area contributed by atoms with E-state index in [4.69, 9.17) is 4.74 Å². The zero-order valence-corrected chi connectivity index (χ0v) is 10.5. The van der Waals surface area contributed by atoms with Crippen LogP contribution in [0.15, 0.2) is 24.3 Å². The number of hydrogen-bond acceptors (Lipinski definition) is 3. The van der Waals surface area contributed by atoms with Gasteiger partial charge in [-0.05, 0) is 37.7 Å².